The predicted octanol–water partition coefficient (Wildman–Crippen LogP) is 3.70. The molecule has 0 fully saturated rings. The fraction of sp³-hybridized carbons (Fsp3) is 0. The Morgan fingerprint density at radius 3 is 2.67 bits per heavy atom. The zero-order valence-electron chi connectivity index (χ0n) is 7.42. The van der Waals surface area contributed by atoms with Crippen LogP contribution in [0.15, 0.2) is 35.2 Å². The molecule has 0 bridgehead atoms. The average molecular weight is 288 g/mol. The molecule has 76 valence electrons. The van der Waals surface area contributed by atoms with Crippen LogP contribution in [0.25, 0.3) is 11.3 Å². The first-order chi connectivity index (χ1) is 7.20. The Hall–Kier alpha value is -1.00. The first kappa shape index (κ1) is 10.5. The van der Waals surface area contributed by atoms with E-state index in [2.05, 4.69) is 25.9 Å². The molecule has 0 saturated heterocycles. The van der Waals surface area contributed by atoms with Crippen LogP contribution in [-0.4, -0.2) is 9.97 Å². The third kappa shape index (κ3) is 2.01. The van der Waals surface area contributed by atoms with Crippen LogP contribution in [0.2, 0.25) is 5.02 Å². The number of aromatic nitrogens is 2. The molecule has 1 aromatic heterocycles. The van der Waals surface area contributed by atoms with Crippen LogP contribution in [0, 0.1) is 5.82 Å². The van der Waals surface area contributed by atoms with Crippen molar-refractivity contribution in [3.8, 4) is 11.3 Å². The number of benzene rings is 1. The van der Waals surface area contributed by atoms with Gasteiger partial charge >= 0.3 is 0 Å². The van der Waals surface area contributed by atoms with Gasteiger partial charge < -0.3 is 0 Å². The van der Waals surface area contributed by atoms with Crippen LogP contribution in [0.5, 0.6) is 0 Å². The van der Waals surface area contributed by atoms with Crippen molar-refractivity contribution in [2.24, 2.45) is 0 Å². The maximum absolute atomic E-state index is 13.6. The van der Waals surface area contributed by atoms with E-state index in [1.54, 1.807) is 24.3 Å². The topological polar surface area (TPSA) is 25.8 Å². The van der Waals surface area contributed by atoms with E-state index in [1.165, 1.54) is 6.33 Å². The highest BCUT2D eigenvalue weighted by atomic mass is 79.9. The van der Waals surface area contributed by atoms with Gasteiger partial charge in [0.15, 0.2) is 5.82 Å². The molecular weight excluding hydrogens is 282 g/mol. The molecule has 0 atom stereocenters. The molecule has 2 rings (SSSR count). The maximum atomic E-state index is 13.6. The van der Waals surface area contributed by atoms with Gasteiger partial charge in [0.25, 0.3) is 0 Å². The summed E-state index contributed by atoms with van der Waals surface area (Å²) in [7, 11) is 0. The monoisotopic (exact) mass is 286 g/mol. The Morgan fingerprint density at radius 2 is 1.93 bits per heavy atom. The summed E-state index contributed by atoms with van der Waals surface area (Å²) in [6.45, 7) is 0. The first-order valence-electron chi connectivity index (χ1n) is 4.11. The minimum atomic E-state index is -0.509. The minimum absolute atomic E-state index is 0.132. The van der Waals surface area contributed by atoms with Crippen LogP contribution in [-0.2, 0) is 0 Å². The van der Waals surface area contributed by atoms with E-state index in [9.17, 15) is 4.39 Å². The van der Waals surface area contributed by atoms with E-state index in [0.29, 0.717) is 10.6 Å². The molecule has 0 aliphatic carbocycles. The smallest absolute Gasteiger partial charge is 0.182 e. The van der Waals surface area contributed by atoms with Crippen LogP contribution in [0.3, 0.4) is 0 Å². The van der Waals surface area contributed by atoms with Gasteiger partial charge in [-0.25, -0.2) is 14.4 Å². The Labute approximate surface area is 99.3 Å². The second-order valence-electron chi connectivity index (χ2n) is 2.81. The lowest BCUT2D eigenvalue weighted by Gasteiger charge is -2.04. The lowest BCUT2D eigenvalue weighted by atomic mass is 10.1. The van der Waals surface area contributed by atoms with Gasteiger partial charge in [-0.3, -0.25) is 0 Å². The molecular formula is C10H5BrClFN2. The summed E-state index contributed by atoms with van der Waals surface area (Å²) in [4.78, 5) is 7.55. The van der Waals surface area contributed by atoms with Crippen molar-refractivity contribution in [3.05, 3.63) is 46.0 Å². The standard InChI is InChI=1S/C10H5BrClFN2/c11-10-8(13)9(14-5-15-10)6-3-1-2-4-7(6)12/h1-5H. The van der Waals surface area contributed by atoms with Crippen LogP contribution >= 0.6 is 27.5 Å². The third-order valence-electron chi connectivity index (χ3n) is 1.88. The molecule has 0 saturated carbocycles. The van der Waals surface area contributed by atoms with Crippen molar-refractivity contribution in [1.82, 2.24) is 9.97 Å². The Bertz CT molecular complexity index is 505. The molecule has 0 unspecified atom stereocenters. The molecule has 0 radical (unpaired) electrons. The molecule has 1 heterocycles. The van der Waals surface area contributed by atoms with E-state index in [0.717, 1.165) is 0 Å². The van der Waals surface area contributed by atoms with Gasteiger partial charge in [-0.15, -0.1) is 0 Å². The fourth-order valence-electron chi connectivity index (χ4n) is 1.19. The van der Waals surface area contributed by atoms with E-state index in [4.69, 9.17) is 11.6 Å². The summed E-state index contributed by atoms with van der Waals surface area (Å²) in [6.07, 6.45) is 1.28. The van der Waals surface area contributed by atoms with Crippen LogP contribution in [0.1, 0.15) is 0 Å². The van der Waals surface area contributed by atoms with Crippen molar-refractivity contribution < 1.29 is 4.39 Å². The molecule has 15 heavy (non-hydrogen) atoms. The van der Waals surface area contributed by atoms with Crippen molar-refractivity contribution in [3.63, 3.8) is 0 Å². The Morgan fingerprint density at radius 1 is 1.20 bits per heavy atom. The number of rotatable bonds is 1. The van der Waals surface area contributed by atoms with E-state index < -0.39 is 5.82 Å². The Balaban J connectivity index is 2.65. The number of nitrogens with zero attached hydrogens (tertiary/aromatic N) is 2. The van der Waals surface area contributed by atoms with Gasteiger partial charge in [-0.05, 0) is 22.0 Å². The quantitative estimate of drug-likeness (QED) is 0.747. The molecule has 0 aliphatic heterocycles. The summed E-state index contributed by atoms with van der Waals surface area (Å²) < 4.78 is 13.8. The summed E-state index contributed by atoms with van der Waals surface area (Å²) >= 11 is 8.94. The van der Waals surface area contributed by atoms with Gasteiger partial charge in [0.05, 0.1) is 5.02 Å². The van der Waals surface area contributed by atoms with E-state index in [-0.39, 0.29) is 10.3 Å². The summed E-state index contributed by atoms with van der Waals surface area (Å²) in [5.41, 5.74) is 0.752. The van der Waals surface area contributed by atoms with Gasteiger partial charge in [0.1, 0.15) is 16.6 Å². The highest BCUT2D eigenvalue weighted by Gasteiger charge is 2.12. The van der Waals surface area contributed by atoms with E-state index >= 15 is 0 Å². The fourth-order valence-corrected chi connectivity index (χ4v) is 1.69. The summed E-state index contributed by atoms with van der Waals surface area (Å²) in [5, 5.41) is 0.460. The lowest BCUT2D eigenvalue weighted by Crippen LogP contribution is -1.93. The highest BCUT2D eigenvalue weighted by Crippen LogP contribution is 2.29. The second-order valence-corrected chi connectivity index (χ2v) is 3.97. The van der Waals surface area contributed by atoms with Crippen molar-refractivity contribution in [1.29, 1.82) is 0 Å². The molecule has 1 aromatic carbocycles. The predicted molar refractivity (Wildman–Crippen MR) is 60.1 cm³/mol. The molecule has 0 spiro atoms. The minimum Gasteiger partial charge on any atom is -0.233 e. The average Bonchev–Trinajstić information content (AvgIpc) is 2.23. The molecule has 0 N–H and O–H groups in total. The largest absolute Gasteiger partial charge is 0.233 e. The van der Waals surface area contributed by atoms with Gasteiger partial charge in [0.2, 0.25) is 0 Å². The van der Waals surface area contributed by atoms with Crippen LogP contribution < -0.4 is 0 Å². The second kappa shape index (κ2) is 4.24. The number of hydrogen-bond donors (Lipinski definition) is 0. The zero-order chi connectivity index (χ0) is 10.8. The molecule has 5 heteroatoms. The van der Waals surface area contributed by atoms with Crippen molar-refractivity contribution in [2.45, 2.75) is 0 Å². The van der Waals surface area contributed by atoms with E-state index in [1.807, 2.05) is 0 Å². The maximum Gasteiger partial charge on any atom is 0.182 e. The van der Waals surface area contributed by atoms with Crippen LogP contribution in [0.4, 0.5) is 4.39 Å². The first-order valence-corrected chi connectivity index (χ1v) is 5.28. The van der Waals surface area contributed by atoms with Crippen molar-refractivity contribution >= 4 is 27.5 Å². The molecule has 2 aromatic rings. The Kier molecular flexibility index (Phi) is 2.98. The SMILES string of the molecule is Fc1c(Br)ncnc1-c1ccccc1Cl. The zero-order valence-corrected chi connectivity index (χ0v) is 9.76. The molecule has 0 aliphatic rings. The highest BCUT2D eigenvalue weighted by molar-refractivity contribution is 9.10. The number of hydrogen-bond acceptors (Lipinski definition) is 2. The summed E-state index contributed by atoms with van der Waals surface area (Å²) in [6, 6.07) is 6.95. The van der Waals surface area contributed by atoms with Gasteiger partial charge in [0, 0.05) is 5.56 Å². The van der Waals surface area contributed by atoms with Gasteiger partial charge in [-0.1, -0.05) is 29.8 Å². The summed E-state index contributed by atoms with van der Waals surface area (Å²) in [5.74, 6) is -0.509. The number of halogens is 3. The van der Waals surface area contributed by atoms with Gasteiger partial charge in [-0.2, -0.15) is 0 Å². The lowest BCUT2D eigenvalue weighted by molar-refractivity contribution is 0.609. The van der Waals surface area contributed by atoms with Crippen molar-refractivity contribution in [2.75, 3.05) is 0 Å². The normalized spacial score (nSPS) is 10.3. The molecule has 2 nitrogen and oxygen atoms in total. The molecule has 0 amide bonds. The third-order valence-corrected chi connectivity index (χ3v) is 2.76.